The molecular formula is C12H13N3O2. The van der Waals surface area contributed by atoms with Gasteiger partial charge in [-0.15, -0.1) is 6.42 Å². The molecule has 1 fully saturated rings. The number of carboxylic acid groups (broad SMARTS) is 1. The molecule has 1 N–H and O–H groups in total. The summed E-state index contributed by atoms with van der Waals surface area (Å²) in [6, 6.07) is 1.71. The summed E-state index contributed by atoms with van der Waals surface area (Å²) in [7, 11) is 0. The van der Waals surface area contributed by atoms with Gasteiger partial charge in [0.1, 0.15) is 17.8 Å². The molecule has 1 aromatic rings. The zero-order valence-electron chi connectivity index (χ0n) is 9.33. The van der Waals surface area contributed by atoms with E-state index in [4.69, 9.17) is 11.5 Å². The monoisotopic (exact) mass is 231 g/mol. The van der Waals surface area contributed by atoms with Crippen molar-refractivity contribution in [2.75, 3.05) is 18.0 Å². The summed E-state index contributed by atoms with van der Waals surface area (Å²) >= 11 is 0. The first-order chi connectivity index (χ1) is 8.20. The number of aromatic nitrogens is 2. The molecule has 17 heavy (non-hydrogen) atoms. The zero-order valence-corrected chi connectivity index (χ0v) is 9.33. The lowest BCUT2D eigenvalue weighted by Gasteiger charge is -2.31. The molecule has 5 nitrogen and oxygen atoms in total. The molecule has 0 aromatic carbocycles. The third-order valence-corrected chi connectivity index (χ3v) is 2.90. The van der Waals surface area contributed by atoms with Crippen LogP contribution in [0.4, 0.5) is 5.82 Å². The minimum Gasteiger partial charge on any atom is -0.481 e. The molecule has 0 saturated carbocycles. The predicted octanol–water partition coefficient (Wildman–Crippen LogP) is 0.759. The number of rotatable bonds is 2. The van der Waals surface area contributed by atoms with Crippen LogP contribution >= 0.6 is 0 Å². The highest BCUT2D eigenvalue weighted by atomic mass is 16.4. The van der Waals surface area contributed by atoms with Crippen molar-refractivity contribution in [2.24, 2.45) is 5.92 Å². The second kappa shape index (κ2) is 4.83. The molecule has 1 aliphatic rings. The van der Waals surface area contributed by atoms with Crippen molar-refractivity contribution in [3.05, 3.63) is 18.1 Å². The van der Waals surface area contributed by atoms with Crippen molar-refractivity contribution in [1.82, 2.24) is 9.97 Å². The predicted molar refractivity (Wildman–Crippen MR) is 62.5 cm³/mol. The lowest BCUT2D eigenvalue weighted by molar-refractivity contribution is -0.141. The van der Waals surface area contributed by atoms with Crippen LogP contribution in [0.3, 0.4) is 0 Å². The second-order valence-corrected chi connectivity index (χ2v) is 4.03. The van der Waals surface area contributed by atoms with E-state index < -0.39 is 5.97 Å². The van der Waals surface area contributed by atoms with Crippen LogP contribution in [-0.4, -0.2) is 34.1 Å². The second-order valence-electron chi connectivity index (χ2n) is 4.03. The average Bonchev–Trinajstić information content (AvgIpc) is 2.39. The van der Waals surface area contributed by atoms with Gasteiger partial charge in [0.05, 0.1) is 5.92 Å². The van der Waals surface area contributed by atoms with E-state index in [1.165, 1.54) is 6.33 Å². The van der Waals surface area contributed by atoms with E-state index in [9.17, 15) is 4.79 Å². The first-order valence-electron chi connectivity index (χ1n) is 5.47. The first kappa shape index (κ1) is 11.4. The van der Waals surface area contributed by atoms with Gasteiger partial charge in [-0.1, -0.05) is 5.92 Å². The molecule has 2 heterocycles. The van der Waals surface area contributed by atoms with Crippen LogP contribution in [0.15, 0.2) is 12.4 Å². The van der Waals surface area contributed by atoms with Gasteiger partial charge in [-0.05, 0) is 12.8 Å². The summed E-state index contributed by atoms with van der Waals surface area (Å²) < 4.78 is 0. The van der Waals surface area contributed by atoms with E-state index in [0.717, 1.165) is 19.4 Å². The van der Waals surface area contributed by atoms with E-state index in [1.54, 1.807) is 6.07 Å². The molecule has 5 heteroatoms. The lowest BCUT2D eigenvalue weighted by atomic mass is 9.98. The summed E-state index contributed by atoms with van der Waals surface area (Å²) in [6.45, 7) is 1.29. The Balaban J connectivity index is 2.16. The van der Waals surface area contributed by atoms with E-state index >= 15 is 0 Å². The number of aliphatic carboxylic acids is 1. The van der Waals surface area contributed by atoms with Crippen LogP contribution in [0, 0.1) is 18.3 Å². The Labute approximate surface area is 99.5 Å². The minimum atomic E-state index is -0.749. The molecule has 88 valence electrons. The number of carbonyl (C=O) groups is 1. The third kappa shape index (κ3) is 2.53. The highest BCUT2D eigenvalue weighted by molar-refractivity contribution is 5.71. The number of carboxylic acids is 1. The fraction of sp³-hybridized carbons (Fsp3) is 0.417. The topological polar surface area (TPSA) is 66.3 Å². The normalized spacial score (nSPS) is 19.7. The molecule has 0 spiro atoms. The molecule has 1 atom stereocenters. The quantitative estimate of drug-likeness (QED) is 0.761. The molecular weight excluding hydrogens is 218 g/mol. The number of hydrogen-bond acceptors (Lipinski definition) is 4. The number of piperidine rings is 1. The van der Waals surface area contributed by atoms with Gasteiger partial charge >= 0.3 is 5.97 Å². The zero-order chi connectivity index (χ0) is 12.3. The standard InChI is InChI=1S/C12H13N3O2/c1-2-10-6-11(14-8-13-10)15-5-3-4-9(7-15)12(16)17/h1,6,8-9H,3-5,7H2,(H,16,17). The molecule has 1 saturated heterocycles. The number of terminal acetylenes is 1. The smallest absolute Gasteiger partial charge is 0.308 e. The number of hydrogen-bond donors (Lipinski definition) is 1. The number of nitrogens with zero attached hydrogens (tertiary/aromatic N) is 3. The SMILES string of the molecule is C#Cc1cc(N2CCCC(C(=O)O)C2)ncn1. The van der Waals surface area contributed by atoms with Crippen molar-refractivity contribution in [3.63, 3.8) is 0 Å². The fourth-order valence-corrected chi connectivity index (χ4v) is 1.99. The Hall–Kier alpha value is -2.09. The molecule has 0 amide bonds. The van der Waals surface area contributed by atoms with E-state index in [0.29, 0.717) is 18.1 Å². The summed E-state index contributed by atoms with van der Waals surface area (Å²) in [5, 5.41) is 9.01. The van der Waals surface area contributed by atoms with Crippen LogP contribution in [0.1, 0.15) is 18.5 Å². The van der Waals surface area contributed by atoms with Crippen molar-refractivity contribution in [3.8, 4) is 12.3 Å². The van der Waals surface area contributed by atoms with E-state index in [2.05, 4.69) is 15.9 Å². The van der Waals surface area contributed by atoms with Gasteiger partial charge in [0.15, 0.2) is 0 Å². The summed E-state index contributed by atoms with van der Waals surface area (Å²) in [4.78, 5) is 21.0. The summed E-state index contributed by atoms with van der Waals surface area (Å²) in [6.07, 6.45) is 8.26. The maximum Gasteiger partial charge on any atom is 0.308 e. The van der Waals surface area contributed by atoms with Crippen LogP contribution < -0.4 is 4.90 Å². The minimum absolute atomic E-state index is 0.326. The van der Waals surface area contributed by atoms with Gasteiger partial charge in [0.2, 0.25) is 0 Å². The molecule has 1 aromatic heterocycles. The Morgan fingerprint density at radius 1 is 1.59 bits per heavy atom. The molecule has 0 radical (unpaired) electrons. The van der Waals surface area contributed by atoms with E-state index in [-0.39, 0.29) is 5.92 Å². The third-order valence-electron chi connectivity index (χ3n) is 2.90. The van der Waals surface area contributed by atoms with Crippen molar-refractivity contribution >= 4 is 11.8 Å². The molecule has 0 aliphatic carbocycles. The Kier molecular flexibility index (Phi) is 3.24. The van der Waals surface area contributed by atoms with Gasteiger partial charge in [0, 0.05) is 19.2 Å². The molecule has 2 rings (SSSR count). The molecule has 1 unspecified atom stereocenters. The maximum absolute atomic E-state index is 11.0. The largest absolute Gasteiger partial charge is 0.481 e. The van der Waals surface area contributed by atoms with Crippen molar-refractivity contribution < 1.29 is 9.90 Å². The Morgan fingerprint density at radius 3 is 3.12 bits per heavy atom. The van der Waals surface area contributed by atoms with Crippen LogP contribution in [0.25, 0.3) is 0 Å². The Morgan fingerprint density at radius 2 is 2.41 bits per heavy atom. The maximum atomic E-state index is 11.0. The summed E-state index contributed by atoms with van der Waals surface area (Å²) in [5.41, 5.74) is 0.521. The lowest BCUT2D eigenvalue weighted by Crippen LogP contribution is -2.39. The van der Waals surface area contributed by atoms with Crippen molar-refractivity contribution in [1.29, 1.82) is 0 Å². The van der Waals surface area contributed by atoms with Crippen LogP contribution in [-0.2, 0) is 4.79 Å². The fourth-order valence-electron chi connectivity index (χ4n) is 1.99. The highest BCUT2D eigenvalue weighted by Crippen LogP contribution is 2.21. The average molecular weight is 231 g/mol. The van der Waals surface area contributed by atoms with Gasteiger partial charge in [-0.3, -0.25) is 4.79 Å². The number of anilines is 1. The first-order valence-corrected chi connectivity index (χ1v) is 5.47. The van der Waals surface area contributed by atoms with Crippen LogP contribution in [0.2, 0.25) is 0 Å². The van der Waals surface area contributed by atoms with E-state index in [1.807, 2.05) is 4.90 Å². The molecule has 1 aliphatic heterocycles. The van der Waals surface area contributed by atoms with Gasteiger partial charge in [0.25, 0.3) is 0 Å². The van der Waals surface area contributed by atoms with Gasteiger partial charge in [-0.2, -0.15) is 0 Å². The van der Waals surface area contributed by atoms with Crippen LogP contribution in [0.5, 0.6) is 0 Å². The molecule has 0 bridgehead atoms. The highest BCUT2D eigenvalue weighted by Gasteiger charge is 2.26. The summed E-state index contributed by atoms with van der Waals surface area (Å²) in [5.74, 6) is 2.08. The van der Waals surface area contributed by atoms with Gasteiger partial charge in [-0.25, -0.2) is 9.97 Å². The van der Waals surface area contributed by atoms with Gasteiger partial charge < -0.3 is 10.0 Å². The van der Waals surface area contributed by atoms with Crippen molar-refractivity contribution in [2.45, 2.75) is 12.8 Å². The Bertz CT molecular complexity index is 467.